The quantitative estimate of drug-likeness (QED) is 0.273. The van der Waals surface area contributed by atoms with E-state index in [1.54, 1.807) is 20.4 Å². The van der Waals surface area contributed by atoms with Crippen molar-refractivity contribution in [1.82, 2.24) is 10.3 Å². The molecule has 1 saturated heterocycles. The van der Waals surface area contributed by atoms with Crippen LogP contribution in [0.3, 0.4) is 0 Å². The van der Waals surface area contributed by atoms with Gasteiger partial charge >= 0.3 is 6.03 Å². The smallest absolute Gasteiger partial charge is 0.319 e. The lowest BCUT2D eigenvalue weighted by Gasteiger charge is -2.43. The zero-order chi connectivity index (χ0) is 28.9. The number of hydrogen-bond acceptors (Lipinski definition) is 6. The minimum atomic E-state index is -0.271. The standard InChI is InChI=1S/C32H43N5O3/c1-21(2)26-18-24(33)19-27(22(3)4)29(26)36-31(38)35-20-32(23-9-7-10-25(17-23)39-5)12-15-37(16-13-32)30-28(40-6)11-8-14-34-30/h7-11,14,17-19,21-22H,12-13,15-16,20,33H2,1-6H3,(H2,35,36,38). The highest BCUT2D eigenvalue weighted by atomic mass is 16.5. The number of nitrogens with two attached hydrogens (primary N) is 1. The largest absolute Gasteiger partial charge is 0.497 e. The third-order valence-electron chi connectivity index (χ3n) is 7.96. The molecule has 4 N–H and O–H groups in total. The van der Waals surface area contributed by atoms with Crippen LogP contribution in [-0.4, -0.2) is 44.9 Å². The maximum Gasteiger partial charge on any atom is 0.319 e. The van der Waals surface area contributed by atoms with E-state index in [-0.39, 0.29) is 23.3 Å². The van der Waals surface area contributed by atoms with Gasteiger partial charge in [-0.1, -0.05) is 39.8 Å². The van der Waals surface area contributed by atoms with Gasteiger partial charge in [-0.05, 0) is 77.8 Å². The van der Waals surface area contributed by atoms with Gasteiger partial charge in [0.25, 0.3) is 0 Å². The van der Waals surface area contributed by atoms with Gasteiger partial charge in [0.1, 0.15) is 5.75 Å². The Bertz CT molecular complexity index is 1290. The van der Waals surface area contributed by atoms with Crippen molar-refractivity contribution >= 4 is 23.2 Å². The van der Waals surface area contributed by atoms with Gasteiger partial charge in [-0.2, -0.15) is 0 Å². The maximum atomic E-state index is 13.4. The van der Waals surface area contributed by atoms with E-state index >= 15 is 0 Å². The third kappa shape index (κ3) is 6.27. The molecule has 2 heterocycles. The molecule has 0 aliphatic carbocycles. The molecule has 40 heavy (non-hydrogen) atoms. The molecule has 0 atom stereocenters. The van der Waals surface area contributed by atoms with Crippen LogP contribution < -0.4 is 30.7 Å². The SMILES string of the molecule is COc1cccc(C2(CNC(=O)Nc3c(C(C)C)cc(N)cc3C(C)C)CCN(c3ncccc3OC)CC2)c1. The van der Waals surface area contributed by atoms with Gasteiger partial charge in [0.05, 0.1) is 14.2 Å². The number of carbonyl (C=O) groups is 1. The van der Waals surface area contributed by atoms with Crippen LogP contribution in [0, 0.1) is 0 Å². The van der Waals surface area contributed by atoms with Crippen LogP contribution in [0.4, 0.5) is 22.0 Å². The summed E-state index contributed by atoms with van der Waals surface area (Å²) in [7, 11) is 3.35. The molecule has 2 amide bonds. The molecule has 3 aromatic rings. The van der Waals surface area contributed by atoms with Crippen molar-refractivity contribution in [3.63, 3.8) is 0 Å². The van der Waals surface area contributed by atoms with Gasteiger partial charge in [0, 0.05) is 42.6 Å². The molecular weight excluding hydrogens is 502 g/mol. The molecule has 0 saturated carbocycles. The molecule has 0 spiro atoms. The van der Waals surface area contributed by atoms with Crippen molar-refractivity contribution in [2.45, 2.75) is 57.8 Å². The first-order valence-electron chi connectivity index (χ1n) is 14.0. The van der Waals surface area contributed by atoms with Crippen LogP contribution in [0.15, 0.2) is 54.7 Å². The molecule has 214 valence electrons. The third-order valence-corrected chi connectivity index (χ3v) is 7.96. The lowest BCUT2D eigenvalue weighted by atomic mass is 9.72. The van der Waals surface area contributed by atoms with Crippen LogP contribution in [0.5, 0.6) is 11.5 Å². The number of nitrogens with zero attached hydrogens (tertiary/aromatic N) is 2. The molecule has 1 aliphatic heterocycles. The number of benzene rings is 2. The molecule has 1 aliphatic rings. The Morgan fingerprint density at radius 1 is 1.00 bits per heavy atom. The van der Waals surface area contributed by atoms with Crippen molar-refractivity contribution in [3.8, 4) is 11.5 Å². The molecule has 1 fully saturated rings. The second-order valence-electron chi connectivity index (χ2n) is 11.2. The number of aromatic nitrogens is 1. The first-order valence-corrected chi connectivity index (χ1v) is 14.0. The Balaban J connectivity index is 1.58. The number of methoxy groups -OCH3 is 2. The Hall–Kier alpha value is -3.94. The van der Waals surface area contributed by atoms with Crippen LogP contribution in [-0.2, 0) is 5.41 Å². The highest BCUT2D eigenvalue weighted by Crippen LogP contribution is 2.39. The lowest BCUT2D eigenvalue weighted by molar-refractivity contribution is 0.244. The number of amides is 2. The summed E-state index contributed by atoms with van der Waals surface area (Å²) in [4.78, 5) is 20.3. The molecule has 0 bridgehead atoms. The summed E-state index contributed by atoms with van der Waals surface area (Å²) < 4.78 is 11.1. The number of ether oxygens (including phenoxy) is 2. The number of nitrogen functional groups attached to an aromatic ring is 1. The highest BCUT2D eigenvalue weighted by molar-refractivity contribution is 5.92. The van der Waals surface area contributed by atoms with Crippen LogP contribution in [0.1, 0.15) is 69.1 Å². The van der Waals surface area contributed by atoms with Gasteiger partial charge < -0.3 is 30.7 Å². The predicted molar refractivity (Wildman–Crippen MR) is 163 cm³/mol. The van der Waals surface area contributed by atoms with Crippen molar-refractivity contribution in [1.29, 1.82) is 0 Å². The average Bonchev–Trinajstić information content (AvgIpc) is 2.96. The zero-order valence-corrected chi connectivity index (χ0v) is 24.6. The van der Waals surface area contributed by atoms with Gasteiger partial charge in [-0.15, -0.1) is 0 Å². The molecule has 2 aromatic carbocycles. The van der Waals surface area contributed by atoms with Crippen molar-refractivity contribution in [2.24, 2.45) is 0 Å². The summed E-state index contributed by atoms with van der Waals surface area (Å²) in [5, 5.41) is 6.40. The Morgan fingerprint density at radius 3 is 2.27 bits per heavy atom. The molecule has 8 nitrogen and oxygen atoms in total. The second-order valence-corrected chi connectivity index (χ2v) is 11.2. The molecule has 4 rings (SSSR count). The van der Waals surface area contributed by atoms with E-state index in [0.717, 1.165) is 65.6 Å². The second kappa shape index (κ2) is 12.5. The normalized spacial score (nSPS) is 14.8. The molecule has 8 heteroatoms. The fourth-order valence-electron chi connectivity index (χ4n) is 5.62. The summed E-state index contributed by atoms with van der Waals surface area (Å²) in [5.74, 6) is 2.85. The van der Waals surface area contributed by atoms with E-state index in [0.29, 0.717) is 12.2 Å². The summed E-state index contributed by atoms with van der Waals surface area (Å²) in [6, 6.07) is 15.7. The van der Waals surface area contributed by atoms with E-state index in [2.05, 4.69) is 60.3 Å². The van der Waals surface area contributed by atoms with Gasteiger partial charge in [-0.25, -0.2) is 9.78 Å². The fourth-order valence-corrected chi connectivity index (χ4v) is 5.62. The zero-order valence-electron chi connectivity index (χ0n) is 24.6. The summed E-state index contributed by atoms with van der Waals surface area (Å²) in [6.07, 6.45) is 3.45. The molecule has 0 unspecified atom stereocenters. The van der Waals surface area contributed by atoms with E-state index in [9.17, 15) is 4.79 Å². The summed E-state index contributed by atoms with van der Waals surface area (Å²) >= 11 is 0. The minimum Gasteiger partial charge on any atom is -0.497 e. The lowest BCUT2D eigenvalue weighted by Crippen LogP contribution is -2.50. The first-order chi connectivity index (χ1) is 19.2. The van der Waals surface area contributed by atoms with Crippen LogP contribution in [0.2, 0.25) is 0 Å². The number of urea groups is 1. The van der Waals surface area contributed by atoms with Crippen molar-refractivity contribution in [3.05, 3.63) is 71.4 Å². The Kier molecular flexibility index (Phi) is 9.07. The Labute approximate surface area is 238 Å². The van der Waals surface area contributed by atoms with Crippen molar-refractivity contribution in [2.75, 3.05) is 49.8 Å². The van der Waals surface area contributed by atoms with Crippen LogP contribution >= 0.6 is 0 Å². The van der Waals surface area contributed by atoms with Gasteiger partial charge in [-0.3, -0.25) is 0 Å². The monoisotopic (exact) mass is 545 g/mol. The summed E-state index contributed by atoms with van der Waals surface area (Å²) in [6.45, 7) is 10.5. The molecule has 1 aromatic heterocycles. The van der Waals surface area contributed by atoms with Crippen molar-refractivity contribution < 1.29 is 14.3 Å². The number of piperidine rings is 1. The number of anilines is 3. The number of rotatable bonds is 9. The predicted octanol–water partition coefficient (Wildman–Crippen LogP) is 6.29. The van der Waals surface area contributed by atoms with E-state index in [4.69, 9.17) is 15.2 Å². The Morgan fingerprint density at radius 2 is 1.68 bits per heavy atom. The molecular formula is C32H43N5O3. The average molecular weight is 546 g/mol. The topological polar surface area (TPSA) is 102 Å². The molecule has 0 radical (unpaired) electrons. The number of hydrogen-bond donors (Lipinski definition) is 3. The highest BCUT2D eigenvalue weighted by Gasteiger charge is 2.38. The first kappa shape index (κ1) is 29.1. The van der Waals surface area contributed by atoms with E-state index in [1.807, 2.05) is 36.4 Å². The minimum absolute atomic E-state index is 0.215. The number of nitrogens with one attached hydrogen (secondary N) is 2. The van der Waals surface area contributed by atoms with Gasteiger partial charge in [0.2, 0.25) is 0 Å². The fraction of sp³-hybridized carbons (Fsp3) is 0.438. The van der Waals surface area contributed by atoms with E-state index < -0.39 is 0 Å². The number of pyridine rings is 1. The van der Waals surface area contributed by atoms with E-state index in [1.165, 1.54) is 0 Å². The number of carbonyl (C=O) groups excluding carboxylic acids is 1. The maximum absolute atomic E-state index is 13.4. The van der Waals surface area contributed by atoms with Crippen LogP contribution in [0.25, 0.3) is 0 Å². The summed E-state index contributed by atoms with van der Waals surface area (Å²) in [5.41, 5.74) is 10.7. The van der Waals surface area contributed by atoms with Gasteiger partial charge in [0.15, 0.2) is 11.6 Å².